The number of hydrogen-bond acceptors (Lipinski definition) is 2. The Morgan fingerprint density at radius 3 is 1.02 bits per heavy atom. The minimum absolute atomic E-state index is 1.11. The second-order valence-corrected chi connectivity index (χ2v) is 10.9. The van der Waals surface area contributed by atoms with Gasteiger partial charge in [-0.2, -0.15) is 0 Å². The first-order valence-corrected chi connectivity index (χ1v) is 14.9. The molecule has 0 aliphatic carbocycles. The molecule has 0 aromatic heterocycles. The average molecular weight is 569 g/mol. The van der Waals surface area contributed by atoms with Crippen LogP contribution in [0.4, 0.5) is 34.1 Å². The van der Waals surface area contributed by atoms with Gasteiger partial charge in [-0.1, -0.05) is 98.1 Å². The maximum Gasteiger partial charge on any atom is 0.0464 e. The van der Waals surface area contributed by atoms with E-state index in [1.165, 1.54) is 22.3 Å². The molecule has 0 fully saturated rings. The summed E-state index contributed by atoms with van der Waals surface area (Å²) in [4.78, 5) is 4.59. The molecule has 2 nitrogen and oxygen atoms in total. The summed E-state index contributed by atoms with van der Waals surface area (Å²) >= 11 is 0. The van der Waals surface area contributed by atoms with Crippen molar-refractivity contribution in [1.82, 2.24) is 0 Å². The van der Waals surface area contributed by atoms with Crippen LogP contribution in [0.25, 0.3) is 23.3 Å². The monoisotopic (exact) mass is 568 g/mol. The van der Waals surface area contributed by atoms with Crippen molar-refractivity contribution in [2.24, 2.45) is 0 Å². The minimum atomic E-state index is 1.11. The first-order chi connectivity index (χ1) is 21.6. The van der Waals surface area contributed by atoms with Crippen LogP contribution in [0.1, 0.15) is 22.3 Å². The van der Waals surface area contributed by atoms with Crippen molar-refractivity contribution in [3.63, 3.8) is 0 Å². The molecule has 0 atom stereocenters. The van der Waals surface area contributed by atoms with Crippen molar-refractivity contribution in [3.05, 3.63) is 181 Å². The fourth-order valence-electron chi connectivity index (χ4n) is 5.71. The molecule has 0 N–H and O–H groups in total. The van der Waals surface area contributed by atoms with Crippen LogP contribution in [0.15, 0.2) is 159 Å². The van der Waals surface area contributed by atoms with Gasteiger partial charge in [0.2, 0.25) is 0 Å². The zero-order valence-electron chi connectivity index (χ0n) is 25.3. The van der Waals surface area contributed by atoms with Crippen molar-refractivity contribution >= 4 is 46.3 Å². The molecule has 0 amide bonds. The highest BCUT2D eigenvalue weighted by molar-refractivity contribution is 5.81. The predicted octanol–water partition coefficient (Wildman–Crippen LogP) is 12.2. The van der Waals surface area contributed by atoms with E-state index in [2.05, 4.69) is 182 Å². The molecule has 0 aliphatic rings. The zero-order chi connectivity index (χ0) is 30.5. The SMILES string of the molecule is C=Cc1ccc(N(c2ccccc2)c2ccc(-c3ccc(N(c4ccccc4)c4ccc(C=C)c(C)c4)cc3)cc2)cc1C. The van der Waals surface area contributed by atoms with E-state index in [0.717, 1.165) is 45.3 Å². The third-order valence-electron chi connectivity index (χ3n) is 8.08. The van der Waals surface area contributed by atoms with Crippen LogP contribution in [0.5, 0.6) is 0 Å². The topological polar surface area (TPSA) is 6.48 Å². The number of nitrogens with zero attached hydrogens (tertiary/aromatic N) is 2. The smallest absolute Gasteiger partial charge is 0.0464 e. The lowest BCUT2D eigenvalue weighted by atomic mass is 10.0. The van der Waals surface area contributed by atoms with E-state index in [1.807, 2.05) is 12.2 Å². The van der Waals surface area contributed by atoms with E-state index in [4.69, 9.17) is 0 Å². The summed E-state index contributed by atoms with van der Waals surface area (Å²) in [6.07, 6.45) is 3.81. The normalized spacial score (nSPS) is 10.7. The Labute approximate surface area is 261 Å². The van der Waals surface area contributed by atoms with Crippen molar-refractivity contribution in [3.8, 4) is 11.1 Å². The summed E-state index contributed by atoms with van der Waals surface area (Å²) in [6.45, 7) is 12.2. The number of anilines is 6. The highest BCUT2D eigenvalue weighted by atomic mass is 15.1. The van der Waals surface area contributed by atoms with Gasteiger partial charge in [-0.3, -0.25) is 0 Å². The molecule has 214 valence electrons. The van der Waals surface area contributed by atoms with Crippen LogP contribution in [0.3, 0.4) is 0 Å². The maximum absolute atomic E-state index is 3.96. The van der Waals surface area contributed by atoms with Crippen LogP contribution in [-0.4, -0.2) is 0 Å². The van der Waals surface area contributed by atoms with Gasteiger partial charge >= 0.3 is 0 Å². The lowest BCUT2D eigenvalue weighted by Gasteiger charge is -2.27. The molecule has 0 saturated carbocycles. The van der Waals surface area contributed by atoms with Crippen molar-refractivity contribution in [2.45, 2.75) is 13.8 Å². The Bertz CT molecular complexity index is 1740. The summed E-state index contributed by atoms with van der Waals surface area (Å²) in [6, 6.07) is 51.7. The van der Waals surface area contributed by atoms with E-state index >= 15 is 0 Å². The summed E-state index contributed by atoms with van der Waals surface area (Å²) in [5.41, 5.74) is 13.7. The Kier molecular flexibility index (Phi) is 8.25. The maximum atomic E-state index is 3.96. The van der Waals surface area contributed by atoms with E-state index in [9.17, 15) is 0 Å². The van der Waals surface area contributed by atoms with Crippen molar-refractivity contribution in [1.29, 1.82) is 0 Å². The number of para-hydroxylation sites is 2. The van der Waals surface area contributed by atoms with Crippen LogP contribution >= 0.6 is 0 Å². The molecular formula is C42H36N2. The Morgan fingerprint density at radius 1 is 0.386 bits per heavy atom. The van der Waals surface area contributed by atoms with E-state index < -0.39 is 0 Å². The number of rotatable bonds is 9. The minimum Gasteiger partial charge on any atom is -0.310 e. The van der Waals surface area contributed by atoms with Gasteiger partial charge in [0.1, 0.15) is 0 Å². The van der Waals surface area contributed by atoms with Crippen LogP contribution < -0.4 is 9.80 Å². The van der Waals surface area contributed by atoms with Crippen molar-refractivity contribution in [2.75, 3.05) is 9.80 Å². The third-order valence-corrected chi connectivity index (χ3v) is 8.08. The van der Waals surface area contributed by atoms with Gasteiger partial charge in [0.15, 0.2) is 0 Å². The molecule has 0 aliphatic heterocycles. The number of aryl methyl sites for hydroxylation is 2. The molecule has 0 radical (unpaired) electrons. The fraction of sp³-hybridized carbons (Fsp3) is 0.0476. The van der Waals surface area contributed by atoms with Gasteiger partial charge in [-0.05, 0) is 120 Å². The highest BCUT2D eigenvalue weighted by Crippen LogP contribution is 2.38. The van der Waals surface area contributed by atoms with Gasteiger partial charge in [0, 0.05) is 34.1 Å². The number of benzene rings is 6. The summed E-state index contributed by atoms with van der Waals surface area (Å²) in [7, 11) is 0. The molecule has 2 heteroatoms. The summed E-state index contributed by atoms with van der Waals surface area (Å²) in [5.74, 6) is 0. The van der Waals surface area contributed by atoms with Crippen LogP contribution in [-0.2, 0) is 0 Å². The van der Waals surface area contributed by atoms with Gasteiger partial charge in [-0.15, -0.1) is 0 Å². The number of hydrogen-bond donors (Lipinski definition) is 0. The Morgan fingerprint density at radius 2 is 0.705 bits per heavy atom. The molecule has 6 aromatic rings. The molecule has 0 spiro atoms. The molecule has 0 unspecified atom stereocenters. The molecule has 0 saturated heterocycles. The lowest BCUT2D eigenvalue weighted by Crippen LogP contribution is -2.10. The Balaban J connectivity index is 1.33. The zero-order valence-corrected chi connectivity index (χ0v) is 25.3. The largest absolute Gasteiger partial charge is 0.310 e. The van der Waals surface area contributed by atoms with Gasteiger partial charge in [-0.25, -0.2) is 0 Å². The van der Waals surface area contributed by atoms with Gasteiger partial charge < -0.3 is 9.80 Å². The standard InChI is InChI=1S/C42H36N2/c1-5-33-17-27-41(29-31(33)3)43(37-13-9-7-10-14-37)39-23-19-35(20-24-39)36-21-25-40(26-22-36)44(38-15-11-8-12-16-38)42-28-18-34(6-2)32(4)30-42/h5-30H,1-2H2,3-4H3. The van der Waals surface area contributed by atoms with E-state index in [1.54, 1.807) is 0 Å². The average Bonchev–Trinajstić information content (AvgIpc) is 3.07. The highest BCUT2D eigenvalue weighted by Gasteiger charge is 2.15. The van der Waals surface area contributed by atoms with Gasteiger partial charge in [0.05, 0.1) is 0 Å². The third kappa shape index (κ3) is 5.84. The molecule has 44 heavy (non-hydrogen) atoms. The molecule has 0 bridgehead atoms. The van der Waals surface area contributed by atoms with Crippen LogP contribution in [0.2, 0.25) is 0 Å². The molecule has 6 aromatic carbocycles. The first kappa shape index (κ1) is 28.5. The van der Waals surface area contributed by atoms with E-state index in [-0.39, 0.29) is 0 Å². The second-order valence-electron chi connectivity index (χ2n) is 10.9. The summed E-state index contributed by atoms with van der Waals surface area (Å²) in [5, 5.41) is 0. The second kappa shape index (κ2) is 12.7. The fourth-order valence-corrected chi connectivity index (χ4v) is 5.71. The van der Waals surface area contributed by atoms with E-state index in [0.29, 0.717) is 0 Å². The molecular weight excluding hydrogens is 532 g/mol. The van der Waals surface area contributed by atoms with Crippen molar-refractivity contribution < 1.29 is 0 Å². The van der Waals surface area contributed by atoms with Gasteiger partial charge in [0.25, 0.3) is 0 Å². The molecule has 6 rings (SSSR count). The lowest BCUT2D eigenvalue weighted by molar-refractivity contribution is 1.26. The first-order valence-electron chi connectivity index (χ1n) is 14.9. The molecule has 0 heterocycles. The van der Waals surface area contributed by atoms with Crippen LogP contribution in [0, 0.1) is 13.8 Å². The summed E-state index contributed by atoms with van der Waals surface area (Å²) < 4.78 is 0. The quantitative estimate of drug-likeness (QED) is 0.171. The predicted molar refractivity (Wildman–Crippen MR) is 191 cm³/mol. The Hall–Kier alpha value is -5.60.